The summed E-state index contributed by atoms with van der Waals surface area (Å²) >= 11 is 0. The minimum absolute atomic E-state index is 0.0829. The van der Waals surface area contributed by atoms with Gasteiger partial charge in [0.1, 0.15) is 23.1 Å². The Bertz CT molecular complexity index is 797. The van der Waals surface area contributed by atoms with Crippen molar-refractivity contribution in [1.82, 2.24) is 0 Å². The van der Waals surface area contributed by atoms with Gasteiger partial charge >= 0.3 is 5.97 Å². The van der Waals surface area contributed by atoms with E-state index in [1.54, 1.807) is 20.1 Å². The number of hydrogen-bond donors (Lipinski definition) is 0. The van der Waals surface area contributed by atoms with Crippen LogP contribution in [-0.2, 0) is 9.53 Å². The molecule has 0 aliphatic carbocycles. The highest BCUT2D eigenvalue weighted by atomic mass is 16.5. The molecule has 0 heterocycles. The minimum Gasteiger partial charge on any atom is -0.497 e. The fourth-order valence-electron chi connectivity index (χ4n) is 2.25. The van der Waals surface area contributed by atoms with Crippen LogP contribution >= 0.6 is 0 Å². The average Bonchev–Trinajstić information content (AvgIpc) is 2.58. The van der Waals surface area contributed by atoms with Gasteiger partial charge in [0.05, 0.1) is 20.8 Å². The third-order valence-corrected chi connectivity index (χ3v) is 3.35. The highest BCUT2D eigenvalue weighted by Gasteiger charge is 2.14. The Kier molecular flexibility index (Phi) is 5.21. The first-order valence-electron chi connectivity index (χ1n) is 7.08. The van der Waals surface area contributed by atoms with Gasteiger partial charge in [-0.2, -0.15) is 5.26 Å². The molecule has 118 valence electrons. The average molecular weight is 311 g/mol. The molecule has 5 heteroatoms. The fourth-order valence-corrected chi connectivity index (χ4v) is 2.25. The minimum atomic E-state index is -0.656. The summed E-state index contributed by atoms with van der Waals surface area (Å²) < 4.78 is 15.5. The number of esters is 1. The van der Waals surface area contributed by atoms with Crippen LogP contribution in [-0.4, -0.2) is 26.8 Å². The zero-order chi connectivity index (χ0) is 16.8. The van der Waals surface area contributed by atoms with Gasteiger partial charge < -0.3 is 14.2 Å². The van der Waals surface area contributed by atoms with Crippen LogP contribution in [0.3, 0.4) is 0 Å². The summed E-state index contributed by atoms with van der Waals surface area (Å²) in [6.07, 6.45) is 1.48. The van der Waals surface area contributed by atoms with Gasteiger partial charge in [-0.05, 0) is 42.0 Å². The van der Waals surface area contributed by atoms with Gasteiger partial charge in [-0.1, -0.05) is 12.1 Å². The molecule has 2 aromatic rings. The largest absolute Gasteiger partial charge is 0.497 e. The highest BCUT2D eigenvalue weighted by Crippen LogP contribution is 2.32. The number of carbonyl (C=O) groups is 1. The molecular weight excluding hydrogens is 294 g/mol. The van der Waals surface area contributed by atoms with Crippen molar-refractivity contribution in [3.8, 4) is 17.6 Å². The first kappa shape index (κ1) is 16.4. The van der Waals surface area contributed by atoms with Crippen LogP contribution in [0.15, 0.2) is 35.9 Å². The maximum absolute atomic E-state index is 11.9. The molecule has 0 aromatic heterocycles. The summed E-state index contributed by atoms with van der Waals surface area (Å²) in [4.78, 5) is 11.9. The summed E-state index contributed by atoms with van der Waals surface area (Å²) in [5.41, 5.74) is 0.550. The lowest BCUT2D eigenvalue weighted by Crippen LogP contribution is -2.06. The predicted molar refractivity (Wildman–Crippen MR) is 87.3 cm³/mol. The normalized spacial score (nSPS) is 11.0. The lowest BCUT2D eigenvalue weighted by atomic mass is 10.0. The monoisotopic (exact) mass is 311 g/mol. The van der Waals surface area contributed by atoms with Crippen molar-refractivity contribution in [1.29, 1.82) is 5.26 Å². The van der Waals surface area contributed by atoms with Crippen LogP contribution in [0.25, 0.3) is 16.8 Å². The molecule has 0 atom stereocenters. The van der Waals surface area contributed by atoms with Crippen LogP contribution in [0, 0.1) is 11.3 Å². The highest BCUT2D eigenvalue weighted by molar-refractivity contribution is 6.02. The van der Waals surface area contributed by atoms with E-state index in [1.807, 2.05) is 30.3 Å². The molecule has 5 nitrogen and oxygen atoms in total. The molecule has 0 bridgehead atoms. The maximum Gasteiger partial charge on any atom is 0.348 e. The van der Waals surface area contributed by atoms with Crippen molar-refractivity contribution < 1.29 is 19.0 Å². The molecule has 2 aromatic carbocycles. The van der Waals surface area contributed by atoms with Crippen molar-refractivity contribution in [3.63, 3.8) is 0 Å². The summed E-state index contributed by atoms with van der Waals surface area (Å²) in [6, 6.07) is 11.2. The first-order valence-corrected chi connectivity index (χ1v) is 7.08. The Morgan fingerprint density at radius 2 is 1.96 bits per heavy atom. The van der Waals surface area contributed by atoms with Crippen LogP contribution in [0.2, 0.25) is 0 Å². The number of benzene rings is 2. The smallest absolute Gasteiger partial charge is 0.348 e. The number of fused-ring (bicyclic) bond motifs is 1. The van der Waals surface area contributed by atoms with Crippen molar-refractivity contribution in [3.05, 3.63) is 41.5 Å². The summed E-state index contributed by atoms with van der Waals surface area (Å²) in [7, 11) is 3.12. The molecule has 0 saturated carbocycles. The van der Waals surface area contributed by atoms with E-state index in [-0.39, 0.29) is 12.2 Å². The number of carbonyl (C=O) groups excluding carboxylic acids is 1. The fraction of sp³-hybridized carbons (Fsp3) is 0.222. The second kappa shape index (κ2) is 7.32. The number of hydrogen-bond acceptors (Lipinski definition) is 5. The standard InChI is InChI=1S/C18H17NO4/c1-4-23-18(20)13(11-19)9-16-15-10-14(21-2)7-5-12(15)6-8-17(16)22-3/h5-10H,4H2,1-3H3/b13-9-. The van der Waals surface area contributed by atoms with Crippen molar-refractivity contribution in [2.75, 3.05) is 20.8 Å². The molecule has 0 N–H and O–H groups in total. The molecule has 0 aliphatic rings. The predicted octanol–water partition coefficient (Wildman–Crippen LogP) is 3.33. The van der Waals surface area contributed by atoms with Gasteiger partial charge in [-0.3, -0.25) is 0 Å². The third-order valence-electron chi connectivity index (χ3n) is 3.35. The number of rotatable bonds is 5. The molecule has 0 saturated heterocycles. The Balaban J connectivity index is 2.69. The van der Waals surface area contributed by atoms with Crippen LogP contribution in [0.1, 0.15) is 12.5 Å². The summed E-state index contributed by atoms with van der Waals surface area (Å²) in [5.74, 6) is 0.579. The van der Waals surface area contributed by atoms with E-state index in [9.17, 15) is 10.1 Å². The second-order valence-electron chi connectivity index (χ2n) is 4.66. The zero-order valence-electron chi connectivity index (χ0n) is 13.3. The molecule has 0 amide bonds. The number of nitriles is 1. The van der Waals surface area contributed by atoms with Crippen LogP contribution in [0.4, 0.5) is 0 Å². The van der Waals surface area contributed by atoms with E-state index in [0.29, 0.717) is 17.1 Å². The topological polar surface area (TPSA) is 68.6 Å². The number of nitrogens with zero attached hydrogens (tertiary/aromatic N) is 1. The molecule has 2 rings (SSSR count). The number of ether oxygens (including phenoxy) is 3. The Labute approximate surface area is 134 Å². The first-order chi connectivity index (χ1) is 11.1. The van der Waals surface area contributed by atoms with Gasteiger partial charge in [0.2, 0.25) is 0 Å². The van der Waals surface area contributed by atoms with E-state index >= 15 is 0 Å². The Morgan fingerprint density at radius 3 is 2.57 bits per heavy atom. The summed E-state index contributed by atoms with van der Waals surface area (Å²) in [6.45, 7) is 1.90. The second-order valence-corrected chi connectivity index (χ2v) is 4.66. The molecule has 0 fully saturated rings. The molecular formula is C18H17NO4. The lowest BCUT2D eigenvalue weighted by Gasteiger charge is -2.11. The van der Waals surface area contributed by atoms with Gasteiger partial charge in [0, 0.05) is 5.56 Å². The quantitative estimate of drug-likeness (QED) is 0.481. The number of methoxy groups -OCH3 is 2. The van der Waals surface area contributed by atoms with Crippen LogP contribution < -0.4 is 9.47 Å². The molecule has 0 radical (unpaired) electrons. The Hall–Kier alpha value is -3.00. The van der Waals surface area contributed by atoms with E-state index in [4.69, 9.17) is 14.2 Å². The van der Waals surface area contributed by atoms with Crippen molar-refractivity contribution in [2.45, 2.75) is 6.92 Å². The van der Waals surface area contributed by atoms with Crippen LogP contribution in [0.5, 0.6) is 11.5 Å². The van der Waals surface area contributed by atoms with E-state index in [1.165, 1.54) is 13.2 Å². The van der Waals surface area contributed by atoms with Gasteiger partial charge in [0.15, 0.2) is 0 Å². The third kappa shape index (κ3) is 3.43. The van der Waals surface area contributed by atoms with Gasteiger partial charge in [0.25, 0.3) is 0 Å². The van der Waals surface area contributed by atoms with Gasteiger partial charge in [-0.25, -0.2) is 4.79 Å². The van der Waals surface area contributed by atoms with E-state index in [0.717, 1.165) is 10.8 Å². The SMILES string of the molecule is CCOC(=O)/C(C#N)=C\c1c(OC)ccc2ccc(OC)cc12. The maximum atomic E-state index is 11.9. The van der Waals surface area contributed by atoms with E-state index in [2.05, 4.69) is 0 Å². The molecule has 0 spiro atoms. The van der Waals surface area contributed by atoms with Crippen molar-refractivity contribution >= 4 is 22.8 Å². The Morgan fingerprint density at radius 1 is 1.22 bits per heavy atom. The zero-order valence-corrected chi connectivity index (χ0v) is 13.3. The molecule has 23 heavy (non-hydrogen) atoms. The van der Waals surface area contributed by atoms with E-state index < -0.39 is 5.97 Å². The summed E-state index contributed by atoms with van der Waals surface area (Å²) in [5, 5.41) is 11.0. The van der Waals surface area contributed by atoms with Gasteiger partial charge in [-0.15, -0.1) is 0 Å². The molecule has 0 aliphatic heterocycles. The van der Waals surface area contributed by atoms with Crippen molar-refractivity contribution in [2.24, 2.45) is 0 Å². The lowest BCUT2D eigenvalue weighted by molar-refractivity contribution is -0.137. The molecule has 0 unspecified atom stereocenters.